The summed E-state index contributed by atoms with van der Waals surface area (Å²) in [4.78, 5) is 47.8. The smallest absolute Gasteiger partial charge is 0.790 e. The van der Waals surface area contributed by atoms with Crippen LogP contribution in [0, 0.1) is 0 Å². The van der Waals surface area contributed by atoms with E-state index in [-0.39, 0.29) is 44.8 Å². The second-order valence-electron chi connectivity index (χ2n) is 7.12. The predicted molar refractivity (Wildman–Crippen MR) is 135 cm³/mol. The summed E-state index contributed by atoms with van der Waals surface area (Å²) in [5.74, 6) is 0. The summed E-state index contributed by atoms with van der Waals surface area (Å²) in [7, 11) is -8.49. The molecule has 4 aromatic rings. The Balaban J connectivity index is 0.000000240. The summed E-state index contributed by atoms with van der Waals surface area (Å²) in [6, 6.07) is 31.5. The van der Waals surface area contributed by atoms with E-state index in [1.54, 1.807) is 72.8 Å². The van der Waals surface area contributed by atoms with Crippen molar-refractivity contribution >= 4 is 59.4 Å². The summed E-state index contributed by atoms with van der Waals surface area (Å²) < 4.78 is 24.0. The molecule has 2 atom stereocenters. The van der Waals surface area contributed by atoms with Crippen LogP contribution in [0.25, 0.3) is 0 Å². The third-order valence-corrected chi connectivity index (χ3v) is 8.31. The first kappa shape index (κ1) is 28.6. The van der Waals surface area contributed by atoms with Gasteiger partial charge in [-0.1, -0.05) is 121 Å². The van der Waals surface area contributed by atoms with Gasteiger partial charge in [0.05, 0.1) is 0 Å². The zero-order chi connectivity index (χ0) is 24.6. The summed E-state index contributed by atoms with van der Waals surface area (Å²) in [6.45, 7) is 0. The topological polar surface area (TPSA) is 114 Å². The van der Waals surface area contributed by atoms with Crippen molar-refractivity contribution in [1.82, 2.24) is 0 Å². The molecule has 0 aliphatic heterocycles. The second kappa shape index (κ2) is 12.9. The minimum atomic E-state index is -4.25. The van der Waals surface area contributed by atoms with Gasteiger partial charge < -0.3 is 18.9 Å². The number of hydrogen-bond acceptors (Lipinski definition) is 6. The minimum Gasteiger partial charge on any atom is -0.790 e. The van der Waals surface area contributed by atoms with E-state index >= 15 is 0 Å². The van der Waals surface area contributed by atoms with Crippen molar-refractivity contribution < 1.29 is 28.5 Å². The molecule has 0 aromatic heterocycles. The van der Waals surface area contributed by atoms with Crippen molar-refractivity contribution in [1.29, 1.82) is 0 Å². The molecule has 0 saturated heterocycles. The molecule has 0 spiro atoms. The fraction of sp³-hybridized carbons (Fsp3) is 0. The number of carbonyl (C=O) groups is 2. The van der Waals surface area contributed by atoms with Crippen molar-refractivity contribution in [3.8, 4) is 0 Å². The first-order valence-electron chi connectivity index (χ1n) is 10.2. The number of carbonyl (C=O) groups excluding carboxylic acids is 2. The maximum absolute atomic E-state index is 12.0. The van der Waals surface area contributed by atoms with Gasteiger partial charge in [0.25, 0.3) is 0 Å². The van der Waals surface area contributed by atoms with E-state index in [1.165, 1.54) is 48.5 Å². The van der Waals surface area contributed by atoms with Gasteiger partial charge in [0.1, 0.15) is 14.7 Å². The summed E-state index contributed by atoms with van der Waals surface area (Å²) in [6.07, 6.45) is 0. The first-order chi connectivity index (χ1) is 16.2. The molecule has 0 saturated carbocycles. The standard InChI is InChI=1S/2C13H11O3P.Mg/c2*14-13(11-7-3-1-4-8-11)17(15,16)12-9-5-2-6-10-12;/h2*1-10H,(H,15,16);/q;;+2/p-2. The van der Waals surface area contributed by atoms with Gasteiger partial charge in [-0.2, -0.15) is 0 Å². The molecule has 0 radical (unpaired) electrons. The van der Waals surface area contributed by atoms with E-state index in [0.29, 0.717) is 0 Å². The molecule has 0 fully saturated rings. The van der Waals surface area contributed by atoms with Crippen LogP contribution in [0.4, 0.5) is 0 Å². The van der Waals surface area contributed by atoms with Gasteiger partial charge in [-0.05, 0) is 0 Å². The maximum Gasteiger partial charge on any atom is 2.00 e. The van der Waals surface area contributed by atoms with Crippen molar-refractivity contribution in [3.05, 3.63) is 132 Å². The van der Waals surface area contributed by atoms with E-state index in [1.807, 2.05) is 0 Å². The van der Waals surface area contributed by atoms with Crippen LogP contribution in [0.1, 0.15) is 20.7 Å². The quantitative estimate of drug-likeness (QED) is 0.288. The molecular weight excluding hydrogens is 495 g/mol. The van der Waals surface area contributed by atoms with Crippen molar-refractivity contribution in [3.63, 3.8) is 0 Å². The molecule has 0 N–H and O–H groups in total. The molecule has 2 unspecified atom stereocenters. The predicted octanol–water partition coefficient (Wildman–Crippen LogP) is 3.20. The van der Waals surface area contributed by atoms with Gasteiger partial charge in [-0.15, -0.1) is 0 Å². The Bertz CT molecular complexity index is 1240. The van der Waals surface area contributed by atoms with Gasteiger partial charge in [-0.25, -0.2) is 0 Å². The van der Waals surface area contributed by atoms with Gasteiger partial charge in [-0.3, -0.25) is 9.59 Å². The minimum absolute atomic E-state index is 0. The van der Waals surface area contributed by atoms with Crippen LogP contribution in [0.3, 0.4) is 0 Å². The Kier molecular flexibility index (Phi) is 10.5. The van der Waals surface area contributed by atoms with Crippen LogP contribution in [-0.2, 0) is 9.13 Å². The first-order valence-corrected chi connectivity index (χ1v) is 13.4. The monoisotopic (exact) mass is 514 g/mol. The Morgan fingerprint density at radius 2 is 0.686 bits per heavy atom. The average Bonchev–Trinajstić information content (AvgIpc) is 2.90. The summed E-state index contributed by atoms with van der Waals surface area (Å²) in [5, 5.41) is 0.0997. The SMILES string of the molecule is O=C(c1ccccc1)P(=O)([O-])c1ccccc1.O=C(c1ccccc1)P(=O)([O-])c1ccccc1.[Mg+2]. The average molecular weight is 515 g/mol. The number of benzene rings is 4. The molecule has 0 bridgehead atoms. The number of rotatable bonds is 6. The third-order valence-electron chi connectivity index (χ3n) is 4.77. The van der Waals surface area contributed by atoms with Crippen LogP contribution in [-0.4, -0.2) is 34.1 Å². The molecule has 4 rings (SSSR count). The van der Waals surface area contributed by atoms with E-state index in [2.05, 4.69) is 0 Å². The van der Waals surface area contributed by atoms with Crippen LogP contribution >= 0.6 is 14.7 Å². The Morgan fingerprint density at radius 3 is 0.943 bits per heavy atom. The van der Waals surface area contributed by atoms with E-state index in [4.69, 9.17) is 0 Å². The van der Waals surface area contributed by atoms with Gasteiger partial charge in [0.15, 0.2) is 0 Å². The van der Waals surface area contributed by atoms with Crippen molar-refractivity contribution in [2.24, 2.45) is 0 Å². The largest absolute Gasteiger partial charge is 2.00 e. The van der Waals surface area contributed by atoms with Crippen LogP contribution < -0.4 is 20.4 Å². The van der Waals surface area contributed by atoms with Crippen molar-refractivity contribution in [2.45, 2.75) is 0 Å². The fourth-order valence-corrected chi connectivity index (χ4v) is 5.56. The fourth-order valence-electron chi connectivity index (χ4n) is 2.98. The van der Waals surface area contributed by atoms with Crippen molar-refractivity contribution in [2.75, 3.05) is 0 Å². The molecule has 0 aliphatic carbocycles. The molecule has 9 heteroatoms. The van der Waals surface area contributed by atoms with Gasteiger partial charge in [0, 0.05) is 21.7 Å². The van der Waals surface area contributed by atoms with E-state index in [9.17, 15) is 28.5 Å². The maximum atomic E-state index is 12.0. The Morgan fingerprint density at radius 1 is 0.457 bits per heavy atom. The molecule has 0 heterocycles. The van der Waals surface area contributed by atoms with E-state index in [0.717, 1.165) is 0 Å². The van der Waals surface area contributed by atoms with Gasteiger partial charge in [0.2, 0.25) is 11.0 Å². The normalized spacial score (nSPS) is 13.5. The van der Waals surface area contributed by atoms with Gasteiger partial charge >= 0.3 is 23.1 Å². The third kappa shape index (κ3) is 7.18. The zero-order valence-corrected chi connectivity index (χ0v) is 21.8. The number of hydrogen-bond donors (Lipinski definition) is 0. The molecular formula is C26H20MgO6P2. The van der Waals surface area contributed by atoms with E-state index < -0.39 is 25.8 Å². The molecule has 35 heavy (non-hydrogen) atoms. The Hall–Kier alpha value is -2.63. The van der Waals surface area contributed by atoms with Crippen LogP contribution in [0.5, 0.6) is 0 Å². The molecule has 4 aromatic carbocycles. The molecule has 0 amide bonds. The molecule has 0 aliphatic rings. The van der Waals surface area contributed by atoms with Crippen LogP contribution in [0.2, 0.25) is 0 Å². The summed E-state index contributed by atoms with van der Waals surface area (Å²) in [5.41, 5.74) is -1.31. The second-order valence-corrected chi connectivity index (χ2v) is 11.2. The Labute approximate surface area is 219 Å². The molecule has 172 valence electrons. The van der Waals surface area contributed by atoms with Crippen LogP contribution in [0.15, 0.2) is 121 Å². The molecule has 6 nitrogen and oxygen atoms in total. The zero-order valence-electron chi connectivity index (χ0n) is 18.6. The summed E-state index contributed by atoms with van der Waals surface area (Å²) >= 11 is 0.